The van der Waals surface area contributed by atoms with Crippen LogP contribution in [0.2, 0.25) is 19.6 Å². The molecule has 2 aliphatic rings. The Bertz CT molecular complexity index is 649. The van der Waals surface area contributed by atoms with Crippen LogP contribution in [0.1, 0.15) is 33.6 Å². The summed E-state index contributed by atoms with van der Waals surface area (Å²) >= 11 is 0. The molecule has 4 atom stereocenters. The largest absolute Gasteiger partial charge is 0.455 e. The molecule has 0 amide bonds. The van der Waals surface area contributed by atoms with Gasteiger partial charge in [0.25, 0.3) is 0 Å². The molecule has 1 unspecified atom stereocenters. The van der Waals surface area contributed by atoms with Crippen LogP contribution in [0.25, 0.3) is 0 Å². The number of hydrogen-bond acceptors (Lipinski definition) is 5. The van der Waals surface area contributed by atoms with E-state index in [-0.39, 0.29) is 18.2 Å². The van der Waals surface area contributed by atoms with Crippen molar-refractivity contribution in [3.05, 3.63) is 24.3 Å². The van der Waals surface area contributed by atoms with E-state index in [9.17, 15) is 9.90 Å². The molecule has 0 radical (unpaired) electrons. The third-order valence-corrected chi connectivity index (χ3v) is 5.01. The molecule has 2 rings (SSSR count). The van der Waals surface area contributed by atoms with Crippen LogP contribution in [-0.2, 0) is 19.0 Å². The second-order valence-corrected chi connectivity index (χ2v) is 13.3. The van der Waals surface area contributed by atoms with E-state index in [1.807, 2.05) is 32.9 Å². The third kappa shape index (κ3) is 6.10. The van der Waals surface area contributed by atoms with Crippen LogP contribution < -0.4 is 0 Å². The number of carbonyl (C=O) groups is 1. The van der Waals surface area contributed by atoms with E-state index in [0.29, 0.717) is 12.8 Å². The summed E-state index contributed by atoms with van der Waals surface area (Å²) in [6, 6.07) is 0. The van der Waals surface area contributed by atoms with Gasteiger partial charge in [-0.25, -0.2) is 4.79 Å². The van der Waals surface area contributed by atoms with Gasteiger partial charge in [-0.15, -0.1) is 5.54 Å². The van der Waals surface area contributed by atoms with Crippen molar-refractivity contribution in [1.29, 1.82) is 0 Å². The smallest absolute Gasteiger partial charge is 0.331 e. The molecule has 2 heterocycles. The zero-order valence-electron chi connectivity index (χ0n) is 16.5. The maximum absolute atomic E-state index is 11.4. The summed E-state index contributed by atoms with van der Waals surface area (Å²) in [5.41, 5.74) is 2.45. The number of aliphatic hydroxyl groups is 1. The maximum atomic E-state index is 11.4. The first kappa shape index (κ1) is 20.9. The summed E-state index contributed by atoms with van der Waals surface area (Å²) in [4.78, 5) is 11.4. The monoisotopic (exact) mass is 378 g/mol. The Labute approximate surface area is 157 Å². The zero-order chi connectivity index (χ0) is 19.6. The molecule has 0 aliphatic carbocycles. The van der Waals surface area contributed by atoms with Gasteiger partial charge in [-0.3, -0.25) is 0 Å². The van der Waals surface area contributed by atoms with E-state index in [1.54, 1.807) is 6.08 Å². The Hall–Kier alpha value is -1.39. The highest BCUT2D eigenvalue weighted by Crippen LogP contribution is 2.39. The van der Waals surface area contributed by atoms with Gasteiger partial charge in [0.15, 0.2) is 5.79 Å². The second kappa shape index (κ2) is 7.69. The Morgan fingerprint density at radius 1 is 1.38 bits per heavy atom. The number of ether oxygens (including phenoxy) is 3. The van der Waals surface area contributed by atoms with Crippen molar-refractivity contribution in [2.24, 2.45) is 0 Å². The highest BCUT2D eigenvalue weighted by Gasteiger charge is 2.49. The predicted octanol–water partition coefficient (Wildman–Crippen LogP) is 2.96. The normalized spacial score (nSPS) is 32.2. The molecule has 6 heteroatoms. The number of esters is 1. The fourth-order valence-corrected chi connectivity index (χ4v) is 3.61. The predicted molar refractivity (Wildman–Crippen MR) is 103 cm³/mol. The lowest BCUT2D eigenvalue weighted by Crippen LogP contribution is -2.37. The van der Waals surface area contributed by atoms with Gasteiger partial charge in [0.05, 0.1) is 6.10 Å². The number of cyclic esters (lactones) is 1. The fourth-order valence-electron chi connectivity index (χ4n) is 3.02. The Morgan fingerprint density at radius 3 is 2.69 bits per heavy atom. The Morgan fingerprint density at radius 2 is 2.08 bits per heavy atom. The van der Waals surface area contributed by atoms with Gasteiger partial charge in [0.1, 0.15) is 25.9 Å². The quantitative estimate of drug-likeness (QED) is 0.353. The van der Waals surface area contributed by atoms with E-state index in [1.165, 1.54) is 6.08 Å². The van der Waals surface area contributed by atoms with Crippen LogP contribution in [0.5, 0.6) is 0 Å². The summed E-state index contributed by atoms with van der Waals surface area (Å²) in [5, 5.41) is 10.3. The zero-order valence-corrected chi connectivity index (χ0v) is 17.5. The van der Waals surface area contributed by atoms with Crippen molar-refractivity contribution < 1.29 is 24.1 Å². The molecule has 1 fully saturated rings. The fraction of sp³-hybridized carbons (Fsp3) is 0.650. The van der Waals surface area contributed by atoms with Crippen LogP contribution in [0, 0.1) is 11.5 Å². The highest BCUT2D eigenvalue weighted by atomic mass is 28.3. The average molecular weight is 379 g/mol. The minimum absolute atomic E-state index is 0.311. The van der Waals surface area contributed by atoms with E-state index in [0.717, 1.165) is 0 Å². The number of rotatable bonds is 4. The van der Waals surface area contributed by atoms with Crippen LogP contribution in [0.3, 0.4) is 0 Å². The van der Waals surface area contributed by atoms with E-state index < -0.39 is 25.6 Å². The van der Waals surface area contributed by atoms with E-state index >= 15 is 0 Å². The molecule has 0 bridgehead atoms. The van der Waals surface area contributed by atoms with Gasteiger partial charge in [0, 0.05) is 18.9 Å². The molecule has 0 aromatic carbocycles. The van der Waals surface area contributed by atoms with Crippen LogP contribution >= 0.6 is 0 Å². The van der Waals surface area contributed by atoms with Crippen molar-refractivity contribution in [1.82, 2.24) is 0 Å². The van der Waals surface area contributed by atoms with Gasteiger partial charge < -0.3 is 19.3 Å². The summed E-state index contributed by atoms with van der Waals surface area (Å²) in [7, 11) is -1.55. The average Bonchev–Trinajstić information content (AvgIpc) is 2.72. The molecule has 0 saturated carbocycles. The van der Waals surface area contributed by atoms with Gasteiger partial charge in [-0.2, -0.15) is 0 Å². The van der Waals surface area contributed by atoms with Crippen molar-refractivity contribution in [3.63, 3.8) is 0 Å². The van der Waals surface area contributed by atoms with Crippen molar-refractivity contribution in [2.45, 2.75) is 83.0 Å². The van der Waals surface area contributed by atoms with Gasteiger partial charge in [0.2, 0.25) is 0 Å². The Balaban J connectivity index is 2.11. The molecule has 0 spiro atoms. The minimum Gasteiger partial charge on any atom is -0.455 e. The van der Waals surface area contributed by atoms with Crippen molar-refractivity contribution in [2.75, 3.05) is 0 Å². The highest BCUT2D eigenvalue weighted by molar-refractivity contribution is 6.83. The lowest BCUT2D eigenvalue weighted by Gasteiger charge is -2.27. The van der Waals surface area contributed by atoms with Gasteiger partial charge in [-0.05, 0) is 26.8 Å². The number of aliphatic hydroxyl groups excluding tert-OH is 1. The first-order chi connectivity index (χ1) is 11.9. The molecular weight excluding hydrogens is 348 g/mol. The lowest BCUT2D eigenvalue weighted by molar-refractivity contribution is -0.154. The molecule has 144 valence electrons. The van der Waals surface area contributed by atoms with Crippen molar-refractivity contribution >= 4 is 14.0 Å². The SMILES string of the molecule is CC1(C)O[C@H](C[C@@H](O)C#C[Si](C)(C)C)C(C)(/C=C/[C@H]2CC=CC(=O)O2)O1. The van der Waals surface area contributed by atoms with E-state index in [2.05, 4.69) is 31.1 Å². The molecule has 1 saturated heterocycles. The molecule has 0 aromatic heterocycles. The standard InChI is InChI=1S/C20H30O5Si/c1-19(2)24-17(14-15(21)11-13-26(4,5)6)20(3,25-19)12-10-16-8-7-9-18(22)23-16/h7,9-10,12,15-17,21H,8,14H2,1-6H3/b12-10+/t15-,16+,17+,20?/m0/s1. The molecular formula is C20H30O5Si. The third-order valence-electron chi connectivity index (χ3n) is 4.11. The minimum atomic E-state index is -1.55. The molecule has 1 N–H and O–H groups in total. The first-order valence-corrected chi connectivity index (χ1v) is 12.5. The summed E-state index contributed by atoms with van der Waals surface area (Å²) in [5.74, 6) is 1.85. The Kier molecular flexibility index (Phi) is 6.19. The second-order valence-electron chi connectivity index (χ2n) is 8.54. The van der Waals surface area contributed by atoms with Gasteiger partial charge in [-0.1, -0.05) is 37.7 Å². The summed E-state index contributed by atoms with van der Waals surface area (Å²) in [6.07, 6.45) is 6.49. The number of hydrogen-bond donors (Lipinski definition) is 1. The van der Waals surface area contributed by atoms with Gasteiger partial charge >= 0.3 is 5.97 Å². The molecule has 5 nitrogen and oxygen atoms in total. The number of carbonyl (C=O) groups excluding carboxylic acids is 1. The van der Waals surface area contributed by atoms with Crippen LogP contribution in [-0.4, -0.2) is 48.8 Å². The molecule has 2 aliphatic heterocycles. The molecule has 26 heavy (non-hydrogen) atoms. The van der Waals surface area contributed by atoms with Crippen LogP contribution in [0.4, 0.5) is 0 Å². The van der Waals surface area contributed by atoms with E-state index in [4.69, 9.17) is 14.2 Å². The first-order valence-electron chi connectivity index (χ1n) is 9.04. The maximum Gasteiger partial charge on any atom is 0.331 e. The topological polar surface area (TPSA) is 65.0 Å². The van der Waals surface area contributed by atoms with Crippen LogP contribution in [0.15, 0.2) is 24.3 Å². The lowest BCUT2D eigenvalue weighted by atomic mass is 9.93. The van der Waals surface area contributed by atoms with Crippen molar-refractivity contribution in [3.8, 4) is 11.5 Å². The summed E-state index contributed by atoms with van der Waals surface area (Å²) in [6.45, 7) is 12.0. The molecule has 0 aromatic rings. The summed E-state index contributed by atoms with van der Waals surface area (Å²) < 4.78 is 17.4.